The van der Waals surface area contributed by atoms with Crippen LogP contribution in [0.3, 0.4) is 0 Å². The van der Waals surface area contributed by atoms with Gasteiger partial charge in [0.2, 0.25) is 0 Å². The van der Waals surface area contributed by atoms with E-state index >= 15 is 0 Å². The van der Waals surface area contributed by atoms with Crippen LogP contribution in [-0.2, 0) is 4.79 Å². The SMILES string of the molecule is C=CCN1C(=O)C(=Cc2ccc(-c3ccccc3)o2)SC1=Nc1ccc(C)cc1. The number of furan rings is 1. The van der Waals surface area contributed by atoms with Crippen LogP contribution in [0.25, 0.3) is 17.4 Å². The summed E-state index contributed by atoms with van der Waals surface area (Å²) in [4.78, 5) is 19.8. The molecule has 1 amide bonds. The Bertz CT molecular complexity index is 1100. The van der Waals surface area contributed by atoms with Crippen molar-refractivity contribution in [3.05, 3.63) is 95.6 Å². The van der Waals surface area contributed by atoms with Gasteiger partial charge in [-0.2, -0.15) is 0 Å². The third kappa shape index (κ3) is 4.25. The van der Waals surface area contributed by atoms with E-state index in [1.54, 1.807) is 17.1 Å². The Morgan fingerprint density at radius 2 is 1.83 bits per heavy atom. The molecule has 1 saturated heterocycles. The standard InChI is InChI=1S/C24H20N2O2S/c1-3-15-26-23(27)22(29-24(26)25-19-11-9-17(2)10-12-19)16-20-13-14-21(28-20)18-7-5-4-6-8-18/h3-14,16H,1,15H2,2H3. The van der Waals surface area contributed by atoms with Crippen molar-refractivity contribution in [2.24, 2.45) is 4.99 Å². The Morgan fingerprint density at radius 3 is 2.55 bits per heavy atom. The van der Waals surface area contributed by atoms with Crippen molar-refractivity contribution >= 4 is 34.6 Å². The van der Waals surface area contributed by atoms with Gasteiger partial charge >= 0.3 is 0 Å². The van der Waals surface area contributed by atoms with Crippen LogP contribution in [0.2, 0.25) is 0 Å². The number of benzene rings is 2. The van der Waals surface area contributed by atoms with Crippen LogP contribution >= 0.6 is 11.8 Å². The van der Waals surface area contributed by atoms with Crippen molar-refractivity contribution in [3.8, 4) is 11.3 Å². The van der Waals surface area contributed by atoms with E-state index in [0.717, 1.165) is 17.0 Å². The highest BCUT2D eigenvalue weighted by Gasteiger charge is 2.32. The summed E-state index contributed by atoms with van der Waals surface area (Å²) in [6.07, 6.45) is 3.47. The second kappa shape index (κ2) is 8.37. The summed E-state index contributed by atoms with van der Waals surface area (Å²) in [5, 5.41) is 0.639. The number of aryl methyl sites for hydroxylation is 1. The fourth-order valence-corrected chi connectivity index (χ4v) is 3.92. The molecule has 3 aromatic rings. The molecule has 4 nitrogen and oxygen atoms in total. The molecule has 29 heavy (non-hydrogen) atoms. The van der Waals surface area contributed by atoms with Gasteiger partial charge in [-0.15, -0.1) is 6.58 Å². The van der Waals surface area contributed by atoms with Gasteiger partial charge in [0.05, 0.1) is 10.6 Å². The van der Waals surface area contributed by atoms with E-state index in [2.05, 4.69) is 11.6 Å². The highest BCUT2D eigenvalue weighted by molar-refractivity contribution is 8.18. The lowest BCUT2D eigenvalue weighted by molar-refractivity contribution is -0.121. The van der Waals surface area contributed by atoms with E-state index in [1.807, 2.05) is 73.7 Å². The summed E-state index contributed by atoms with van der Waals surface area (Å²) >= 11 is 1.35. The third-order valence-electron chi connectivity index (χ3n) is 4.42. The number of carbonyl (C=O) groups is 1. The maximum Gasteiger partial charge on any atom is 0.267 e. The summed E-state index contributed by atoms with van der Waals surface area (Å²) < 4.78 is 5.92. The van der Waals surface area contributed by atoms with Crippen LogP contribution in [-0.4, -0.2) is 22.5 Å². The van der Waals surface area contributed by atoms with Crippen LogP contribution in [0, 0.1) is 6.92 Å². The third-order valence-corrected chi connectivity index (χ3v) is 5.42. The summed E-state index contributed by atoms with van der Waals surface area (Å²) in [6, 6.07) is 21.6. The van der Waals surface area contributed by atoms with Gasteiger partial charge in [0.15, 0.2) is 5.17 Å². The molecule has 4 rings (SSSR count). The van der Waals surface area contributed by atoms with Crippen LogP contribution in [0.1, 0.15) is 11.3 Å². The Labute approximate surface area is 174 Å². The summed E-state index contributed by atoms with van der Waals surface area (Å²) in [5.41, 5.74) is 2.97. The number of carbonyl (C=O) groups excluding carboxylic acids is 1. The lowest BCUT2D eigenvalue weighted by atomic mass is 10.2. The predicted octanol–water partition coefficient (Wildman–Crippen LogP) is 6.05. The van der Waals surface area contributed by atoms with E-state index in [4.69, 9.17) is 4.42 Å². The Morgan fingerprint density at radius 1 is 1.07 bits per heavy atom. The molecule has 0 saturated carbocycles. The topological polar surface area (TPSA) is 45.8 Å². The molecule has 5 heteroatoms. The van der Waals surface area contributed by atoms with E-state index in [-0.39, 0.29) is 5.91 Å². The second-order valence-electron chi connectivity index (χ2n) is 6.61. The molecule has 1 aromatic heterocycles. The number of aliphatic imine (C=N–C) groups is 1. The second-order valence-corrected chi connectivity index (χ2v) is 7.62. The lowest BCUT2D eigenvalue weighted by Gasteiger charge is -2.12. The Hall–Kier alpha value is -3.31. The minimum atomic E-state index is -0.0987. The molecule has 1 aliphatic heterocycles. The minimum Gasteiger partial charge on any atom is -0.457 e. The van der Waals surface area contributed by atoms with Gasteiger partial charge in [0.1, 0.15) is 11.5 Å². The predicted molar refractivity (Wildman–Crippen MR) is 120 cm³/mol. The maximum absolute atomic E-state index is 12.9. The van der Waals surface area contributed by atoms with Crippen molar-refractivity contribution in [2.45, 2.75) is 6.92 Å². The van der Waals surface area contributed by atoms with Gasteiger partial charge in [-0.25, -0.2) is 4.99 Å². The molecule has 0 bridgehead atoms. The van der Waals surface area contributed by atoms with Gasteiger partial charge < -0.3 is 4.42 Å². The minimum absolute atomic E-state index is 0.0987. The van der Waals surface area contributed by atoms with Gasteiger partial charge in [-0.3, -0.25) is 9.69 Å². The monoisotopic (exact) mass is 400 g/mol. The van der Waals surface area contributed by atoms with Crippen molar-refractivity contribution in [2.75, 3.05) is 6.54 Å². The van der Waals surface area contributed by atoms with Gasteiger partial charge in [-0.05, 0) is 43.0 Å². The first-order chi connectivity index (χ1) is 14.1. The number of thioether (sulfide) groups is 1. The molecule has 0 radical (unpaired) electrons. The quantitative estimate of drug-likeness (QED) is 0.387. The highest BCUT2D eigenvalue weighted by atomic mass is 32.2. The number of rotatable bonds is 5. The van der Waals surface area contributed by atoms with Crippen LogP contribution in [0.15, 0.2) is 93.7 Å². The van der Waals surface area contributed by atoms with E-state index in [1.165, 1.54) is 17.3 Å². The summed E-state index contributed by atoms with van der Waals surface area (Å²) in [7, 11) is 0. The van der Waals surface area contributed by atoms with Gasteiger partial charge in [-0.1, -0.05) is 54.1 Å². The first kappa shape index (κ1) is 19.0. The molecule has 0 atom stereocenters. The van der Waals surface area contributed by atoms with Crippen LogP contribution in [0.4, 0.5) is 5.69 Å². The summed E-state index contributed by atoms with van der Waals surface area (Å²) in [5.74, 6) is 1.30. The smallest absolute Gasteiger partial charge is 0.267 e. The number of amidine groups is 1. The zero-order valence-electron chi connectivity index (χ0n) is 16.0. The molecule has 0 unspecified atom stereocenters. The zero-order chi connectivity index (χ0) is 20.2. The van der Waals surface area contributed by atoms with Crippen LogP contribution < -0.4 is 0 Å². The fourth-order valence-electron chi connectivity index (χ4n) is 2.93. The van der Waals surface area contributed by atoms with Crippen molar-refractivity contribution in [3.63, 3.8) is 0 Å². The molecular weight excluding hydrogens is 380 g/mol. The Balaban J connectivity index is 1.62. The molecule has 0 N–H and O–H groups in total. The van der Waals surface area contributed by atoms with Crippen molar-refractivity contribution < 1.29 is 9.21 Å². The van der Waals surface area contributed by atoms with Gasteiger partial charge in [0.25, 0.3) is 5.91 Å². The average Bonchev–Trinajstić information content (AvgIpc) is 3.31. The summed E-state index contributed by atoms with van der Waals surface area (Å²) in [6.45, 7) is 6.20. The van der Waals surface area contributed by atoms with Gasteiger partial charge in [0, 0.05) is 18.2 Å². The first-order valence-corrected chi connectivity index (χ1v) is 10.1. The number of nitrogens with zero attached hydrogens (tertiary/aromatic N) is 2. The molecule has 2 heterocycles. The molecule has 1 aliphatic rings. The molecule has 2 aromatic carbocycles. The van der Waals surface area contributed by atoms with Crippen LogP contribution in [0.5, 0.6) is 0 Å². The number of hydrogen-bond donors (Lipinski definition) is 0. The largest absolute Gasteiger partial charge is 0.457 e. The molecule has 0 aliphatic carbocycles. The molecule has 144 valence electrons. The van der Waals surface area contributed by atoms with E-state index in [0.29, 0.717) is 22.4 Å². The maximum atomic E-state index is 12.9. The lowest BCUT2D eigenvalue weighted by Crippen LogP contribution is -2.29. The fraction of sp³-hybridized carbons (Fsp3) is 0.0833. The molecule has 1 fully saturated rings. The van der Waals surface area contributed by atoms with Crippen molar-refractivity contribution in [1.29, 1.82) is 0 Å². The molecular formula is C24H20N2O2S. The molecule has 0 spiro atoms. The first-order valence-electron chi connectivity index (χ1n) is 9.27. The van der Waals surface area contributed by atoms with Crippen molar-refractivity contribution in [1.82, 2.24) is 4.90 Å². The zero-order valence-corrected chi connectivity index (χ0v) is 16.9. The number of amides is 1. The average molecular weight is 401 g/mol. The highest BCUT2D eigenvalue weighted by Crippen LogP contribution is 2.35. The Kier molecular flexibility index (Phi) is 5.49. The van der Waals surface area contributed by atoms with E-state index < -0.39 is 0 Å². The number of hydrogen-bond acceptors (Lipinski definition) is 4. The normalized spacial score (nSPS) is 16.7. The van der Waals surface area contributed by atoms with E-state index in [9.17, 15) is 4.79 Å².